The minimum absolute atomic E-state index is 0.0550. The molecule has 3 heterocycles. The molecule has 0 saturated heterocycles. The van der Waals surface area contributed by atoms with Crippen LogP contribution in [0.1, 0.15) is 24.6 Å². The minimum Gasteiger partial charge on any atom is -0.493 e. The number of aromatic nitrogens is 3. The van der Waals surface area contributed by atoms with Gasteiger partial charge in [0, 0.05) is 46.7 Å². The maximum atomic E-state index is 11.0. The molecule has 0 unspecified atom stereocenters. The summed E-state index contributed by atoms with van der Waals surface area (Å²) in [6.45, 7) is 5.02. The molecule has 7 nitrogen and oxygen atoms in total. The van der Waals surface area contributed by atoms with Gasteiger partial charge in [-0.15, -0.1) is 11.3 Å². The number of fused-ring (bicyclic) bond motifs is 1. The van der Waals surface area contributed by atoms with Crippen LogP contribution in [-0.2, 0) is 17.8 Å². The molecule has 0 amide bonds. The van der Waals surface area contributed by atoms with Crippen LogP contribution in [0.4, 0.5) is 0 Å². The highest BCUT2D eigenvalue weighted by molar-refractivity contribution is 7.13. The number of rotatable bonds is 10. The fraction of sp³-hybridized carbons (Fsp3) is 0.292. The molecule has 166 valence electrons. The molecular formula is C24H25N3O4S. The Balaban J connectivity index is 1.26. The zero-order valence-corrected chi connectivity index (χ0v) is 18.9. The molecule has 0 bridgehead atoms. The average Bonchev–Trinajstić information content (AvgIpc) is 3.38. The summed E-state index contributed by atoms with van der Waals surface area (Å²) < 4.78 is 13.3. The van der Waals surface area contributed by atoms with Crippen molar-refractivity contribution < 1.29 is 19.4 Å². The van der Waals surface area contributed by atoms with Crippen LogP contribution in [0, 0.1) is 6.92 Å². The van der Waals surface area contributed by atoms with Gasteiger partial charge in [0.05, 0.1) is 18.9 Å². The van der Waals surface area contributed by atoms with E-state index in [4.69, 9.17) is 14.6 Å². The Kier molecular flexibility index (Phi) is 6.70. The molecule has 32 heavy (non-hydrogen) atoms. The Bertz CT molecular complexity index is 1210. The molecule has 1 aromatic carbocycles. The molecular weight excluding hydrogens is 426 g/mol. The van der Waals surface area contributed by atoms with Crippen molar-refractivity contribution in [3.05, 3.63) is 59.4 Å². The number of pyridine rings is 1. The summed E-state index contributed by atoms with van der Waals surface area (Å²) in [7, 11) is 0. The van der Waals surface area contributed by atoms with Gasteiger partial charge in [-0.25, -0.2) is 9.97 Å². The van der Waals surface area contributed by atoms with Crippen molar-refractivity contribution in [2.75, 3.05) is 13.2 Å². The lowest BCUT2D eigenvalue weighted by Crippen LogP contribution is -2.07. The molecule has 0 saturated carbocycles. The molecule has 8 heteroatoms. The lowest BCUT2D eigenvalue weighted by Gasteiger charge is -2.08. The Hall–Kier alpha value is -3.39. The van der Waals surface area contributed by atoms with E-state index < -0.39 is 5.97 Å². The van der Waals surface area contributed by atoms with Crippen molar-refractivity contribution in [1.29, 1.82) is 0 Å². The lowest BCUT2D eigenvalue weighted by atomic mass is 10.2. The smallest absolute Gasteiger partial charge is 0.323 e. The first kappa shape index (κ1) is 21.8. The van der Waals surface area contributed by atoms with Crippen LogP contribution in [0.15, 0.2) is 48.1 Å². The van der Waals surface area contributed by atoms with E-state index in [-0.39, 0.29) is 6.54 Å². The second kappa shape index (κ2) is 9.82. The molecule has 0 aliphatic carbocycles. The number of ether oxygens (including phenoxy) is 2. The van der Waals surface area contributed by atoms with Gasteiger partial charge in [0.25, 0.3) is 0 Å². The summed E-state index contributed by atoms with van der Waals surface area (Å²) in [5.74, 6) is 0.476. The fourth-order valence-electron chi connectivity index (χ4n) is 3.44. The zero-order valence-electron chi connectivity index (χ0n) is 18.1. The number of hydrogen-bond donors (Lipinski definition) is 1. The van der Waals surface area contributed by atoms with Crippen LogP contribution in [0.3, 0.4) is 0 Å². The second-order valence-electron chi connectivity index (χ2n) is 7.45. The first-order valence-corrected chi connectivity index (χ1v) is 11.4. The largest absolute Gasteiger partial charge is 0.493 e. The molecule has 0 aliphatic rings. The monoisotopic (exact) mass is 451 g/mol. The van der Waals surface area contributed by atoms with E-state index in [0.717, 1.165) is 44.9 Å². The zero-order chi connectivity index (χ0) is 22.5. The van der Waals surface area contributed by atoms with Crippen molar-refractivity contribution in [3.8, 4) is 22.2 Å². The predicted molar refractivity (Wildman–Crippen MR) is 125 cm³/mol. The van der Waals surface area contributed by atoms with Gasteiger partial charge in [-0.2, -0.15) is 0 Å². The summed E-state index contributed by atoms with van der Waals surface area (Å²) in [6, 6.07) is 9.55. The minimum atomic E-state index is -0.861. The molecule has 0 spiro atoms. The number of carboxylic acids is 1. The number of carboxylic acid groups (broad SMARTS) is 1. The van der Waals surface area contributed by atoms with Gasteiger partial charge in [-0.3, -0.25) is 4.79 Å². The quantitative estimate of drug-likeness (QED) is 0.343. The molecule has 4 rings (SSSR count). The van der Waals surface area contributed by atoms with Gasteiger partial charge in [0.15, 0.2) is 0 Å². The highest BCUT2D eigenvalue weighted by atomic mass is 32.1. The van der Waals surface area contributed by atoms with E-state index in [2.05, 4.69) is 22.3 Å². The first-order chi connectivity index (χ1) is 15.5. The van der Waals surface area contributed by atoms with Crippen molar-refractivity contribution in [1.82, 2.24) is 14.5 Å². The van der Waals surface area contributed by atoms with E-state index in [1.165, 1.54) is 0 Å². The molecule has 4 aromatic rings. The van der Waals surface area contributed by atoms with Crippen LogP contribution in [0.5, 0.6) is 11.6 Å². The van der Waals surface area contributed by atoms with Gasteiger partial charge >= 0.3 is 5.97 Å². The summed E-state index contributed by atoms with van der Waals surface area (Å²) in [4.78, 5) is 20.0. The number of thiazole rings is 1. The summed E-state index contributed by atoms with van der Waals surface area (Å²) in [5, 5.41) is 13.1. The predicted octanol–water partition coefficient (Wildman–Crippen LogP) is 4.96. The highest BCUT2D eigenvalue weighted by Gasteiger charge is 2.09. The van der Waals surface area contributed by atoms with Crippen LogP contribution < -0.4 is 9.47 Å². The molecule has 1 N–H and O–H groups in total. The van der Waals surface area contributed by atoms with Gasteiger partial charge < -0.3 is 19.1 Å². The number of carbonyl (C=O) groups is 1. The van der Waals surface area contributed by atoms with Crippen LogP contribution in [0.25, 0.3) is 21.5 Å². The third-order valence-electron chi connectivity index (χ3n) is 5.06. The Labute approximate surface area is 190 Å². The molecule has 0 atom stereocenters. The van der Waals surface area contributed by atoms with Crippen LogP contribution in [-0.4, -0.2) is 38.8 Å². The van der Waals surface area contributed by atoms with Crippen molar-refractivity contribution in [2.24, 2.45) is 0 Å². The lowest BCUT2D eigenvalue weighted by molar-refractivity contribution is -0.137. The number of benzene rings is 1. The SMILES string of the molecule is CCc1csc(-c2ccc(OCCCOc3ccc4c(c3)c(C)cn4CC(=O)O)nc2)n1. The fourth-order valence-corrected chi connectivity index (χ4v) is 4.33. The van der Waals surface area contributed by atoms with E-state index >= 15 is 0 Å². The first-order valence-electron chi connectivity index (χ1n) is 10.5. The molecule has 0 radical (unpaired) electrons. The highest BCUT2D eigenvalue weighted by Crippen LogP contribution is 2.26. The summed E-state index contributed by atoms with van der Waals surface area (Å²) >= 11 is 1.62. The second-order valence-corrected chi connectivity index (χ2v) is 8.30. The third kappa shape index (κ3) is 5.08. The number of hydrogen-bond acceptors (Lipinski definition) is 6. The van der Waals surface area contributed by atoms with Crippen molar-refractivity contribution in [2.45, 2.75) is 33.2 Å². The maximum absolute atomic E-state index is 11.0. The van der Waals surface area contributed by atoms with Gasteiger partial charge in [-0.05, 0) is 43.2 Å². The Morgan fingerprint density at radius 2 is 2.03 bits per heavy atom. The van der Waals surface area contributed by atoms with Crippen LogP contribution >= 0.6 is 11.3 Å². The van der Waals surface area contributed by atoms with E-state index in [0.29, 0.717) is 25.5 Å². The van der Waals surface area contributed by atoms with Gasteiger partial charge in [0.1, 0.15) is 17.3 Å². The topological polar surface area (TPSA) is 86.5 Å². The standard InChI is InChI=1S/C24H25N3O4S/c1-3-18-15-32-24(26-18)17-5-8-22(25-12-17)31-10-4-9-30-19-6-7-21-20(11-19)16(2)13-27(21)14-23(28)29/h5-8,11-13,15H,3-4,9-10,14H2,1-2H3,(H,28,29). The number of nitrogens with zero attached hydrogens (tertiary/aromatic N) is 3. The van der Waals surface area contributed by atoms with Gasteiger partial charge in [0.2, 0.25) is 5.88 Å². The average molecular weight is 452 g/mol. The van der Waals surface area contributed by atoms with E-state index in [1.54, 1.807) is 22.1 Å². The van der Waals surface area contributed by atoms with Crippen LogP contribution in [0.2, 0.25) is 0 Å². The maximum Gasteiger partial charge on any atom is 0.323 e. The molecule has 3 aromatic heterocycles. The summed E-state index contributed by atoms with van der Waals surface area (Å²) in [6.07, 6.45) is 5.29. The number of aliphatic carboxylic acids is 1. The van der Waals surface area contributed by atoms with Crippen molar-refractivity contribution >= 4 is 28.2 Å². The molecule has 0 fully saturated rings. The Morgan fingerprint density at radius 3 is 2.75 bits per heavy atom. The number of aryl methyl sites for hydroxylation is 2. The normalized spacial score (nSPS) is 11.1. The molecule has 0 aliphatic heterocycles. The van der Waals surface area contributed by atoms with Crippen molar-refractivity contribution in [3.63, 3.8) is 0 Å². The Morgan fingerprint density at radius 1 is 1.19 bits per heavy atom. The van der Waals surface area contributed by atoms with E-state index in [1.807, 2.05) is 43.5 Å². The summed E-state index contributed by atoms with van der Waals surface area (Å²) in [5.41, 5.74) is 4.00. The van der Waals surface area contributed by atoms with E-state index in [9.17, 15) is 4.79 Å². The van der Waals surface area contributed by atoms with Gasteiger partial charge in [-0.1, -0.05) is 6.92 Å². The third-order valence-corrected chi connectivity index (χ3v) is 6.00.